The van der Waals surface area contributed by atoms with Crippen LogP contribution in [0.3, 0.4) is 0 Å². The quantitative estimate of drug-likeness (QED) is 0.0154. The number of rotatable bonds is 41. The number of amides is 8. The van der Waals surface area contributed by atoms with Crippen molar-refractivity contribution < 1.29 is 141 Å². The van der Waals surface area contributed by atoms with Gasteiger partial charge >= 0.3 is 7.60 Å². The zero-order valence-corrected chi connectivity index (χ0v) is 53.6. The molecule has 8 amide bonds. The standard InChI is InChI=1S/C55H97N8O29P/c1-5-93(81,82)92-34-8-6-33(7-9-34)50(78)62-36(52(80)58-16-19-85-22-25-89-55(63-32(4)69)29-88-37(26-64)46(74)49(55)77)11-13-41(71)61-35(51(79)57-15-18-84-21-24-87-54-43(60-31(3)68)48(76)45(73)39(28-66)91-54)10-12-40(70)56-14-17-83-20-23-86-53-42(59-30(2)67)47(75)44(72)38(27-65)90-53/h33-39,42-49,53-54,64-66,72-77H,5-29H2,1-4H3,(H,56,70)(H,57,79)(H,58,80)(H,59,67)(H,60,68)(H,61,71)(H,62,78)(H,63,69)(H,81,82)/t33-,34+,35?,36?,37?,38?,39?,42?,43?,44?,45?,46?,47?,48?,49?,53?,54?,55?. The fourth-order valence-electron chi connectivity index (χ4n) is 10.4. The number of carbonyl (C=O) groups is 8. The minimum atomic E-state index is -3.83. The van der Waals surface area contributed by atoms with Gasteiger partial charge in [-0.05, 0) is 38.5 Å². The van der Waals surface area contributed by atoms with Gasteiger partial charge in [0.2, 0.25) is 47.3 Å². The molecule has 0 aromatic rings. The molecule has 1 saturated carbocycles. The number of aliphatic hydroxyl groups is 9. The molecule has 3 heterocycles. The molecule has 37 nitrogen and oxygen atoms in total. The highest BCUT2D eigenvalue weighted by Gasteiger charge is 2.52. The minimum Gasteiger partial charge on any atom is -0.394 e. The van der Waals surface area contributed by atoms with Crippen LogP contribution in [0.4, 0.5) is 0 Å². The highest BCUT2D eigenvalue weighted by Crippen LogP contribution is 2.45. The van der Waals surface area contributed by atoms with Crippen LogP contribution in [0.2, 0.25) is 0 Å². The van der Waals surface area contributed by atoms with Gasteiger partial charge in [0.1, 0.15) is 79.1 Å². The molecule has 536 valence electrons. The smallest absolute Gasteiger partial charge is 0.328 e. The topological polar surface area (TPSA) is 544 Å². The average molecular weight is 1370 g/mol. The molecule has 0 aromatic heterocycles. The van der Waals surface area contributed by atoms with Crippen LogP contribution >= 0.6 is 7.60 Å². The van der Waals surface area contributed by atoms with E-state index < -0.39 is 197 Å². The van der Waals surface area contributed by atoms with Crippen LogP contribution in [0.1, 0.15) is 79.1 Å². The Kier molecular flexibility index (Phi) is 35.8. The zero-order chi connectivity index (χ0) is 68.8. The SMILES string of the molecule is CCP(=O)(O)O[C@H]1CC[C@@H](C(=O)NC(CCC(=O)NC(CCC(=O)NCCOCCOC2OC(CO)C(O)C(O)C2NC(C)=O)C(=O)NCCOCCOC2OC(CO)C(O)C(O)C2NC(C)=O)C(=O)NCCOCCOC2(NC(C)=O)COC(CO)C(O)C2O)CC1. The second-order valence-corrected chi connectivity index (χ2v) is 24.7. The normalized spacial score (nSPS) is 30.1. The van der Waals surface area contributed by atoms with Gasteiger partial charge in [-0.25, -0.2) is 0 Å². The van der Waals surface area contributed by atoms with Crippen molar-refractivity contribution in [2.75, 3.05) is 112 Å². The predicted octanol–water partition coefficient (Wildman–Crippen LogP) is -8.42. The summed E-state index contributed by atoms with van der Waals surface area (Å²) in [4.78, 5) is 114. The molecule has 4 rings (SSSR count). The molecule has 93 heavy (non-hydrogen) atoms. The number of ether oxygens (including phenoxy) is 9. The van der Waals surface area contributed by atoms with Gasteiger partial charge in [-0.15, -0.1) is 0 Å². The van der Waals surface area contributed by atoms with Crippen LogP contribution < -0.4 is 42.5 Å². The third-order valence-electron chi connectivity index (χ3n) is 15.4. The van der Waals surface area contributed by atoms with Gasteiger partial charge in [0.05, 0.1) is 92.0 Å². The molecule has 3 saturated heterocycles. The van der Waals surface area contributed by atoms with Crippen molar-refractivity contribution in [1.82, 2.24) is 42.5 Å². The van der Waals surface area contributed by atoms with Gasteiger partial charge in [0.25, 0.3) is 0 Å². The number of aliphatic hydroxyl groups excluding tert-OH is 9. The summed E-state index contributed by atoms with van der Waals surface area (Å²) >= 11 is 0. The van der Waals surface area contributed by atoms with E-state index in [1.54, 1.807) is 0 Å². The Hall–Kier alpha value is -4.81. The molecule has 18 N–H and O–H groups in total. The Morgan fingerprint density at radius 3 is 1.48 bits per heavy atom. The monoisotopic (exact) mass is 1360 g/mol. The molecule has 1 aliphatic carbocycles. The lowest BCUT2D eigenvalue weighted by Crippen LogP contribution is -2.70. The van der Waals surface area contributed by atoms with Crippen LogP contribution in [0.15, 0.2) is 0 Å². The summed E-state index contributed by atoms with van der Waals surface area (Å²) in [6.07, 6.45) is -16.6. The van der Waals surface area contributed by atoms with Crippen LogP contribution in [-0.4, -0.2) is 313 Å². The van der Waals surface area contributed by atoms with Crippen molar-refractivity contribution in [2.45, 2.75) is 183 Å². The summed E-state index contributed by atoms with van der Waals surface area (Å²) in [5.74, 6) is -5.74. The van der Waals surface area contributed by atoms with Crippen LogP contribution in [-0.2, 0) is 90.1 Å². The first-order chi connectivity index (χ1) is 44.2. The van der Waals surface area contributed by atoms with Crippen molar-refractivity contribution in [1.29, 1.82) is 0 Å². The molecule has 17 atom stereocenters. The Morgan fingerprint density at radius 2 is 1.02 bits per heavy atom. The number of hydrogen-bond donors (Lipinski definition) is 18. The molecule has 38 heteroatoms. The maximum absolute atomic E-state index is 13.8. The first-order valence-electron chi connectivity index (χ1n) is 30.9. The van der Waals surface area contributed by atoms with E-state index in [4.69, 9.17) is 47.2 Å². The first kappa shape index (κ1) is 80.6. The average Bonchev–Trinajstić information content (AvgIpc) is 0.858. The van der Waals surface area contributed by atoms with Gasteiger partial charge in [0.15, 0.2) is 18.3 Å². The molecule has 4 aliphatic rings. The third kappa shape index (κ3) is 27.0. The van der Waals surface area contributed by atoms with E-state index in [2.05, 4.69) is 42.5 Å². The summed E-state index contributed by atoms with van der Waals surface area (Å²) < 4.78 is 67.8. The van der Waals surface area contributed by atoms with E-state index in [0.717, 1.165) is 6.92 Å². The molecule has 3 aliphatic heterocycles. The van der Waals surface area contributed by atoms with Gasteiger partial charge in [0, 0.05) is 65.3 Å². The van der Waals surface area contributed by atoms with Crippen molar-refractivity contribution >= 4 is 54.9 Å². The van der Waals surface area contributed by atoms with Gasteiger partial charge in [-0.3, -0.25) is 42.9 Å². The lowest BCUT2D eigenvalue weighted by atomic mass is 9.86. The Bertz CT molecular complexity index is 2390. The Balaban J connectivity index is 1.36. The number of hydrogen-bond acceptors (Lipinski definition) is 28. The molecule has 0 bridgehead atoms. The molecule has 0 spiro atoms. The van der Waals surface area contributed by atoms with Crippen molar-refractivity contribution in [3.63, 3.8) is 0 Å². The fraction of sp³-hybridized carbons (Fsp3) is 0.855. The van der Waals surface area contributed by atoms with Gasteiger partial charge in [-0.1, -0.05) is 6.92 Å². The number of nitrogens with one attached hydrogen (secondary N) is 8. The van der Waals surface area contributed by atoms with Crippen molar-refractivity contribution in [3.05, 3.63) is 0 Å². The maximum Gasteiger partial charge on any atom is 0.328 e. The molecule has 17 unspecified atom stereocenters. The van der Waals surface area contributed by atoms with Gasteiger partial charge < -0.3 is 141 Å². The fourth-order valence-corrected chi connectivity index (χ4v) is 11.2. The second-order valence-electron chi connectivity index (χ2n) is 22.6. The Morgan fingerprint density at radius 1 is 0.559 bits per heavy atom. The maximum atomic E-state index is 13.8. The highest BCUT2D eigenvalue weighted by molar-refractivity contribution is 7.52. The summed E-state index contributed by atoms with van der Waals surface area (Å²) in [5, 5.41) is 112. The van der Waals surface area contributed by atoms with E-state index in [0.29, 0.717) is 0 Å². The first-order valence-corrected chi connectivity index (χ1v) is 32.6. The molecule has 4 fully saturated rings. The molecular formula is C55H97N8O29P. The lowest BCUT2D eigenvalue weighted by Gasteiger charge is -2.45. The van der Waals surface area contributed by atoms with E-state index in [1.165, 1.54) is 20.8 Å². The van der Waals surface area contributed by atoms with Crippen molar-refractivity contribution in [3.8, 4) is 0 Å². The van der Waals surface area contributed by atoms with E-state index in [1.807, 2.05) is 0 Å². The van der Waals surface area contributed by atoms with Crippen LogP contribution in [0.25, 0.3) is 0 Å². The summed E-state index contributed by atoms with van der Waals surface area (Å²) in [7, 11) is -3.83. The minimum absolute atomic E-state index is 0.0326. The second kappa shape index (κ2) is 41.3. The van der Waals surface area contributed by atoms with Crippen LogP contribution in [0, 0.1) is 5.92 Å². The summed E-state index contributed by atoms with van der Waals surface area (Å²) in [6.45, 7) is 1.13. The molecular weight excluding hydrogens is 1270 g/mol. The predicted molar refractivity (Wildman–Crippen MR) is 315 cm³/mol. The largest absolute Gasteiger partial charge is 0.394 e. The highest BCUT2D eigenvalue weighted by atomic mass is 31.2. The van der Waals surface area contributed by atoms with Crippen molar-refractivity contribution in [2.24, 2.45) is 5.92 Å². The van der Waals surface area contributed by atoms with Crippen LogP contribution in [0.5, 0.6) is 0 Å². The lowest BCUT2D eigenvalue weighted by molar-refractivity contribution is -0.272. The van der Waals surface area contributed by atoms with E-state index >= 15 is 0 Å². The van der Waals surface area contributed by atoms with Gasteiger partial charge in [-0.2, -0.15) is 0 Å². The Labute approximate surface area is 537 Å². The molecule has 0 aromatic carbocycles. The summed E-state index contributed by atoms with van der Waals surface area (Å²) in [6, 6.07) is -5.08. The zero-order valence-electron chi connectivity index (χ0n) is 52.7. The summed E-state index contributed by atoms with van der Waals surface area (Å²) in [5.41, 5.74) is -1.89. The number of carbonyl (C=O) groups excluding carboxylic acids is 8. The van der Waals surface area contributed by atoms with E-state index in [9.17, 15) is 93.8 Å². The molecule has 0 radical (unpaired) electrons. The third-order valence-corrected chi connectivity index (χ3v) is 16.8. The van der Waals surface area contributed by atoms with E-state index in [-0.39, 0.29) is 130 Å².